The Morgan fingerprint density at radius 3 is 2.50 bits per heavy atom. The topological polar surface area (TPSA) is 75.6 Å². The van der Waals surface area contributed by atoms with E-state index in [0.29, 0.717) is 27.7 Å². The van der Waals surface area contributed by atoms with Gasteiger partial charge in [-0.1, -0.05) is 29.3 Å². The van der Waals surface area contributed by atoms with Crippen LogP contribution in [0.5, 0.6) is 5.75 Å². The molecule has 0 aliphatic heterocycles. The number of ether oxygens (including phenoxy) is 1. The maximum atomic E-state index is 13.6. The molecule has 0 fully saturated rings. The first-order chi connectivity index (χ1) is 12.2. The van der Waals surface area contributed by atoms with Gasteiger partial charge in [0.05, 0.1) is 16.1 Å². The van der Waals surface area contributed by atoms with Crippen LogP contribution < -0.4 is 5.32 Å². The van der Waals surface area contributed by atoms with E-state index in [2.05, 4.69) is 10.1 Å². The van der Waals surface area contributed by atoms with Crippen LogP contribution in [0.3, 0.4) is 0 Å². The Balaban J connectivity index is 1.96. The first-order valence-electron chi connectivity index (χ1n) is 7.28. The lowest BCUT2D eigenvalue weighted by Crippen LogP contribution is -2.31. The SMILES string of the molecule is C[C@@H](NC(=O)COC(=O)c1c(O)cc(F)cc1F)c1ccc(Cl)c(Cl)c1. The predicted octanol–water partition coefficient (Wildman–Crippen LogP) is 4.01. The summed E-state index contributed by atoms with van der Waals surface area (Å²) in [4.78, 5) is 23.7. The number of amides is 1. The van der Waals surface area contributed by atoms with Gasteiger partial charge in [0.1, 0.15) is 22.9 Å². The molecule has 2 aromatic rings. The lowest BCUT2D eigenvalue weighted by Gasteiger charge is -2.15. The van der Waals surface area contributed by atoms with Gasteiger partial charge in [-0.2, -0.15) is 0 Å². The molecule has 2 rings (SSSR count). The maximum Gasteiger partial charge on any atom is 0.345 e. The molecule has 0 spiro atoms. The number of carbonyl (C=O) groups excluding carboxylic acids is 2. The molecule has 2 N–H and O–H groups in total. The van der Waals surface area contributed by atoms with E-state index in [-0.39, 0.29) is 0 Å². The van der Waals surface area contributed by atoms with Gasteiger partial charge in [-0.15, -0.1) is 0 Å². The third-order valence-corrected chi connectivity index (χ3v) is 4.13. The lowest BCUT2D eigenvalue weighted by molar-refractivity contribution is -0.124. The van der Waals surface area contributed by atoms with E-state index in [4.69, 9.17) is 23.2 Å². The molecule has 26 heavy (non-hydrogen) atoms. The highest BCUT2D eigenvalue weighted by Gasteiger charge is 2.21. The van der Waals surface area contributed by atoms with Gasteiger partial charge in [0, 0.05) is 12.1 Å². The maximum absolute atomic E-state index is 13.6. The van der Waals surface area contributed by atoms with Crippen molar-refractivity contribution in [3.8, 4) is 5.75 Å². The van der Waals surface area contributed by atoms with Crippen molar-refractivity contribution in [2.24, 2.45) is 0 Å². The Bertz CT molecular complexity index is 838. The lowest BCUT2D eigenvalue weighted by atomic mass is 10.1. The van der Waals surface area contributed by atoms with Crippen LogP contribution in [-0.4, -0.2) is 23.6 Å². The molecule has 2 aromatic carbocycles. The highest BCUT2D eigenvalue weighted by molar-refractivity contribution is 6.42. The van der Waals surface area contributed by atoms with Gasteiger partial charge in [-0.05, 0) is 24.6 Å². The molecule has 0 unspecified atom stereocenters. The zero-order chi connectivity index (χ0) is 19.4. The number of hydrogen-bond acceptors (Lipinski definition) is 4. The predicted molar refractivity (Wildman–Crippen MR) is 91.3 cm³/mol. The van der Waals surface area contributed by atoms with Crippen LogP contribution in [0.25, 0.3) is 0 Å². The smallest absolute Gasteiger partial charge is 0.345 e. The number of esters is 1. The zero-order valence-corrected chi connectivity index (χ0v) is 14.9. The molecule has 5 nitrogen and oxygen atoms in total. The van der Waals surface area contributed by atoms with Crippen molar-refractivity contribution in [3.05, 3.63) is 63.1 Å². The second-order valence-electron chi connectivity index (χ2n) is 5.32. The highest BCUT2D eigenvalue weighted by atomic mass is 35.5. The van der Waals surface area contributed by atoms with Crippen molar-refractivity contribution in [3.63, 3.8) is 0 Å². The van der Waals surface area contributed by atoms with Crippen LogP contribution >= 0.6 is 23.2 Å². The van der Waals surface area contributed by atoms with Gasteiger partial charge in [-0.3, -0.25) is 4.79 Å². The Hall–Kier alpha value is -2.38. The number of halogens is 4. The molecule has 0 aliphatic rings. The van der Waals surface area contributed by atoms with E-state index in [1.165, 1.54) is 0 Å². The molecular weight excluding hydrogens is 391 g/mol. The summed E-state index contributed by atoms with van der Waals surface area (Å²) in [6, 6.07) is 5.33. The van der Waals surface area contributed by atoms with E-state index in [1.807, 2.05) is 0 Å². The Labute approximate surface area is 157 Å². The monoisotopic (exact) mass is 403 g/mol. The number of nitrogens with one attached hydrogen (secondary N) is 1. The number of aromatic hydroxyl groups is 1. The van der Waals surface area contributed by atoms with E-state index >= 15 is 0 Å². The minimum absolute atomic E-state index is 0.318. The first kappa shape index (κ1) is 19.9. The van der Waals surface area contributed by atoms with Gasteiger partial charge in [0.25, 0.3) is 5.91 Å². The van der Waals surface area contributed by atoms with Gasteiger partial charge in [0.15, 0.2) is 6.61 Å². The van der Waals surface area contributed by atoms with E-state index in [9.17, 15) is 23.5 Å². The largest absolute Gasteiger partial charge is 0.507 e. The van der Waals surface area contributed by atoms with Crippen molar-refractivity contribution < 1.29 is 28.2 Å². The molecule has 0 radical (unpaired) electrons. The van der Waals surface area contributed by atoms with Crippen LogP contribution in [0.1, 0.15) is 28.9 Å². The van der Waals surface area contributed by atoms with Gasteiger partial charge in [-0.25, -0.2) is 13.6 Å². The standard InChI is InChI=1S/C17H13Cl2F2NO4/c1-8(9-2-3-11(18)12(19)4-9)22-15(24)7-26-17(25)16-13(21)5-10(20)6-14(16)23/h2-6,8,23H,7H2,1H3,(H,22,24)/t8-/m1/s1. The molecular formula is C17H13Cl2F2NO4. The normalized spacial score (nSPS) is 11.7. The van der Waals surface area contributed by atoms with Crippen LogP contribution in [0.2, 0.25) is 10.0 Å². The molecule has 1 amide bonds. The zero-order valence-electron chi connectivity index (χ0n) is 13.4. The minimum atomic E-state index is -1.29. The number of phenolic OH excluding ortho intramolecular Hbond substituents is 1. The van der Waals surface area contributed by atoms with Crippen LogP contribution in [0.4, 0.5) is 8.78 Å². The van der Waals surface area contributed by atoms with Crippen LogP contribution in [0.15, 0.2) is 30.3 Å². The molecule has 0 heterocycles. The number of carbonyl (C=O) groups is 2. The molecule has 0 saturated heterocycles. The fourth-order valence-electron chi connectivity index (χ4n) is 2.11. The average Bonchev–Trinajstić information content (AvgIpc) is 2.54. The van der Waals surface area contributed by atoms with E-state index in [0.717, 1.165) is 0 Å². The Kier molecular flexibility index (Phi) is 6.39. The molecule has 9 heteroatoms. The third kappa shape index (κ3) is 4.83. The quantitative estimate of drug-likeness (QED) is 0.739. The minimum Gasteiger partial charge on any atom is -0.507 e. The molecule has 1 atom stereocenters. The second kappa shape index (κ2) is 8.33. The third-order valence-electron chi connectivity index (χ3n) is 3.39. The van der Waals surface area contributed by atoms with Crippen molar-refractivity contribution >= 4 is 35.1 Å². The summed E-state index contributed by atoms with van der Waals surface area (Å²) in [7, 11) is 0. The fraction of sp³-hybridized carbons (Fsp3) is 0.176. The van der Waals surface area contributed by atoms with E-state index < -0.39 is 47.5 Å². The number of benzene rings is 2. The second-order valence-corrected chi connectivity index (χ2v) is 6.14. The van der Waals surface area contributed by atoms with Crippen molar-refractivity contribution in [2.45, 2.75) is 13.0 Å². The highest BCUT2D eigenvalue weighted by Crippen LogP contribution is 2.26. The molecule has 138 valence electrons. The van der Waals surface area contributed by atoms with Crippen LogP contribution in [-0.2, 0) is 9.53 Å². The van der Waals surface area contributed by atoms with Crippen molar-refractivity contribution in [2.75, 3.05) is 6.61 Å². The summed E-state index contributed by atoms with van der Waals surface area (Å²) in [5, 5.41) is 12.7. The molecule has 0 aromatic heterocycles. The Morgan fingerprint density at radius 1 is 1.19 bits per heavy atom. The number of phenols is 1. The van der Waals surface area contributed by atoms with E-state index in [1.54, 1.807) is 25.1 Å². The van der Waals surface area contributed by atoms with Gasteiger partial charge < -0.3 is 15.2 Å². The molecule has 0 aliphatic carbocycles. The Morgan fingerprint density at radius 2 is 1.88 bits per heavy atom. The van der Waals surface area contributed by atoms with Crippen molar-refractivity contribution in [1.29, 1.82) is 0 Å². The number of hydrogen-bond donors (Lipinski definition) is 2. The summed E-state index contributed by atoms with van der Waals surface area (Å²) in [5.74, 6) is -5.23. The first-order valence-corrected chi connectivity index (χ1v) is 8.04. The average molecular weight is 404 g/mol. The van der Waals surface area contributed by atoms with Crippen LogP contribution in [0, 0.1) is 11.6 Å². The fourth-order valence-corrected chi connectivity index (χ4v) is 2.42. The summed E-state index contributed by atoms with van der Waals surface area (Å²) in [5.41, 5.74) is -0.182. The summed E-state index contributed by atoms with van der Waals surface area (Å²) in [6.07, 6.45) is 0. The molecule has 0 bridgehead atoms. The van der Waals surface area contributed by atoms with Gasteiger partial charge in [0.2, 0.25) is 0 Å². The summed E-state index contributed by atoms with van der Waals surface area (Å²) < 4.78 is 31.1. The van der Waals surface area contributed by atoms with Crippen molar-refractivity contribution in [1.82, 2.24) is 5.32 Å². The summed E-state index contributed by atoms with van der Waals surface area (Å²) in [6.45, 7) is 0.950. The van der Waals surface area contributed by atoms with Gasteiger partial charge >= 0.3 is 5.97 Å². The number of rotatable bonds is 5. The molecule has 0 saturated carbocycles. The summed E-state index contributed by atoms with van der Waals surface area (Å²) >= 11 is 11.7.